The van der Waals surface area contributed by atoms with Gasteiger partial charge in [0.2, 0.25) is 0 Å². The lowest BCUT2D eigenvalue weighted by molar-refractivity contribution is 0.0597. The molecule has 1 rings (SSSR count). The van der Waals surface area contributed by atoms with E-state index < -0.39 is 0 Å². The van der Waals surface area contributed by atoms with Gasteiger partial charge in [-0.25, -0.2) is 0 Å². The Morgan fingerprint density at radius 3 is 2.45 bits per heavy atom. The minimum Gasteiger partial charge on any atom is -0.395 e. The summed E-state index contributed by atoms with van der Waals surface area (Å²) in [4.78, 5) is 2.46. The molecule has 0 aromatic heterocycles. The first-order valence-electron chi connectivity index (χ1n) is 8.58. The Labute approximate surface area is 126 Å². The highest BCUT2D eigenvalue weighted by Crippen LogP contribution is 2.39. The molecular formula is C17H36N2O. The van der Waals surface area contributed by atoms with Crippen molar-refractivity contribution in [1.82, 2.24) is 10.2 Å². The summed E-state index contributed by atoms with van der Waals surface area (Å²) >= 11 is 0. The van der Waals surface area contributed by atoms with Crippen molar-refractivity contribution >= 4 is 0 Å². The minimum atomic E-state index is 0.271. The minimum absolute atomic E-state index is 0.271. The van der Waals surface area contributed by atoms with Crippen molar-refractivity contribution in [3.05, 3.63) is 0 Å². The maximum absolute atomic E-state index is 9.30. The number of nitrogens with one attached hydrogen (secondary N) is 1. The van der Waals surface area contributed by atoms with Gasteiger partial charge in [-0.1, -0.05) is 26.7 Å². The van der Waals surface area contributed by atoms with Crippen LogP contribution in [0.2, 0.25) is 0 Å². The van der Waals surface area contributed by atoms with Crippen molar-refractivity contribution in [2.24, 2.45) is 11.3 Å². The zero-order valence-electron chi connectivity index (χ0n) is 14.1. The molecule has 0 aliphatic heterocycles. The lowest BCUT2D eigenvalue weighted by Gasteiger charge is -2.44. The molecule has 1 saturated carbocycles. The van der Waals surface area contributed by atoms with Crippen LogP contribution < -0.4 is 5.32 Å². The van der Waals surface area contributed by atoms with Crippen LogP contribution in [0.5, 0.6) is 0 Å². The van der Waals surface area contributed by atoms with E-state index in [-0.39, 0.29) is 6.61 Å². The fourth-order valence-electron chi connectivity index (χ4n) is 3.37. The Bertz CT molecular complexity index is 247. The molecule has 2 N–H and O–H groups in total. The van der Waals surface area contributed by atoms with E-state index >= 15 is 0 Å². The van der Waals surface area contributed by atoms with Crippen molar-refractivity contribution in [2.45, 2.75) is 65.8 Å². The van der Waals surface area contributed by atoms with Crippen LogP contribution in [-0.4, -0.2) is 48.8 Å². The standard InChI is InChI=1S/C17H36N2O/c1-5-10-18-13-17(8-6-16(4)7-9-17)14-19(11-12-20)15(2)3/h15-16,18,20H,5-14H2,1-4H3. The van der Waals surface area contributed by atoms with Crippen LogP contribution in [-0.2, 0) is 0 Å². The zero-order valence-corrected chi connectivity index (χ0v) is 14.1. The summed E-state index contributed by atoms with van der Waals surface area (Å²) in [6.07, 6.45) is 6.59. The first-order valence-corrected chi connectivity index (χ1v) is 8.58. The monoisotopic (exact) mass is 284 g/mol. The van der Waals surface area contributed by atoms with Gasteiger partial charge in [-0.15, -0.1) is 0 Å². The molecule has 0 radical (unpaired) electrons. The number of hydrogen-bond donors (Lipinski definition) is 2. The van der Waals surface area contributed by atoms with Crippen molar-refractivity contribution < 1.29 is 5.11 Å². The van der Waals surface area contributed by atoms with Gasteiger partial charge in [-0.05, 0) is 51.0 Å². The lowest BCUT2D eigenvalue weighted by atomic mass is 9.70. The van der Waals surface area contributed by atoms with Crippen LogP contribution in [0.4, 0.5) is 0 Å². The topological polar surface area (TPSA) is 35.5 Å². The fraction of sp³-hybridized carbons (Fsp3) is 1.00. The molecular weight excluding hydrogens is 248 g/mol. The second kappa shape index (κ2) is 9.01. The van der Waals surface area contributed by atoms with Crippen LogP contribution in [0.3, 0.4) is 0 Å². The van der Waals surface area contributed by atoms with Gasteiger partial charge in [0.25, 0.3) is 0 Å². The van der Waals surface area contributed by atoms with Crippen molar-refractivity contribution in [3.8, 4) is 0 Å². The van der Waals surface area contributed by atoms with Gasteiger partial charge in [0.15, 0.2) is 0 Å². The molecule has 1 aliphatic rings. The average Bonchev–Trinajstić information content (AvgIpc) is 2.42. The molecule has 0 aromatic carbocycles. The van der Waals surface area contributed by atoms with Gasteiger partial charge in [-0.2, -0.15) is 0 Å². The quantitative estimate of drug-likeness (QED) is 0.639. The summed E-state index contributed by atoms with van der Waals surface area (Å²) in [6, 6.07) is 0.518. The number of aliphatic hydroxyl groups excluding tert-OH is 1. The summed E-state index contributed by atoms with van der Waals surface area (Å²) in [6.45, 7) is 13.6. The largest absolute Gasteiger partial charge is 0.395 e. The molecule has 1 fully saturated rings. The highest BCUT2D eigenvalue weighted by atomic mass is 16.3. The third-order valence-corrected chi connectivity index (χ3v) is 4.92. The first-order chi connectivity index (χ1) is 9.53. The van der Waals surface area contributed by atoms with E-state index in [0.29, 0.717) is 11.5 Å². The smallest absolute Gasteiger partial charge is 0.0558 e. The maximum Gasteiger partial charge on any atom is 0.0558 e. The van der Waals surface area contributed by atoms with Gasteiger partial charge in [0, 0.05) is 25.7 Å². The predicted molar refractivity (Wildman–Crippen MR) is 87.0 cm³/mol. The van der Waals surface area contributed by atoms with Gasteiger partial charge in [0.1, 0.15) is 0 Å². The van der Waals surface area contributed by atoms with E-state index in [1.807, 2.05) is 0 Å². The van der Waals surface area contributed by atoms with Crippen molar-refractivity contribution in [3.63, 3.8) is 0 Å². The Morgan fingerprint density at radius 2 is 1.95 bits per heavy atom. The fourth-order valence-corrected chi connectivity index (χ4v) is 3.37. The third kappa shape index (κ3) is 5.71. The normalized spacial score (nSPS) is 27.4. The highest BCUT2D eigenvalue weighted by molar-refractivity contribution is 4.90. The summed E-state index contributed by atoms with van der Waals surface area (Å²) in [5.74, 6) is 0.889. The summed E-state index contributed by atoms with van der Waals surface area (Å²) in [5.41, 5.74) is 0.418. The van der Waals surface area contributed by atoms with Crippen molar-refractivity contribution in [1.29, 1.82) is 0 Å². The molecule has 0 saturated heterocycles. The molecule has 0 heterocycles. The van der Waals surface area contributed by atoms with Crippen LogP contribution in [0.25, 0.3) is 0 Å². The van der Waals surface area contributed by atoms with Crippen molar-refractivity contribution in [2.75, 3.05) is 32.8 Å². The molecule has 1 aliphatic carbocycles. The van der Waals surface area contributed by atoms with Crippen LogP contribution in [0, 0.1) is 11.3 Å². The van der Waals surface area contributed by atoms with Gasteiger partial charge >= 0.3 is 0 Å². The van der Waals surface area contributed by atoms with E-state index in [0.717, 1.165) is 32.1 Å². The first kappa shape index (κ1) is 17.9. The molecule has 0 spiro atoms. The molecule has 0 bridgehead atoms. The lowest BCUT2D eigenvalue weighted by Crippen LogP contribution is -2.49. The molecule has 120 valence electrons. The number of rotatable bonds is 9. The number of hydrogen-bond acceptors (Lipinski definition) is 3. The van der Waals surface area contributed by atoms with E-state index in [9.17, 15) is 5.11 Å². The van der Waals surface area contributed by atoms with Gasteiger partial charge in [-0.3, -0.25) is 4.90 Å². The van der Waals surface area contributed by atoms with Crippen LogP contribution in [0.15, 0.2) is 0 Å². The molecule has 0 unspecified atom stereocenters. The number of nitrogens with zero attached hydrogens (tertiary/aromatic N) is 1. The van der Waals surface area contributed by atoms with Crippen LogP contribution in [0.1, 0.15) is 59.8 Å². The molecule has 3 heteroatoms. The number of aliphatic hydroxyl groups is 1. The Hall–Kier alpha value is -0.120. The maximum atomic E-state index is 9.30. The molecule has 0 amide bonds. The SMILES string of the molecule is CCCNCC1(CN(CCO)C(C)C)CCC(C)CC1. The van der Waals surface area contributed by atoms with E-state index in [2.05, 4.69) is 37.9 Å². The summed E-state index contributed by atoms with van der Waals surface area (Å²) in [7, 11) is 0. The molecule has 0 aromatic rings. The van der Waals surface area contributed by atoms with Gasteiger partial charge < -0.3 is 10.4 Å². The molecule has 3 nitrogen and oxygen atoms in total. The van der Waals surface area contributed by atoms with Gasteiger partial charge in [0.05, 0.1) is 6.61 Å². The average molecular weight is 284 g/mol. The van der Waals surface area contributed by atoms with Crippen LogP contribution >= 0.6 is 0 Å². The Morgan fingerprint density at radius 1 is 1.30 bits per heavy atom. The Kier molecular flexibility index (Phi) is 8.08. The molecule has 20 heavy (non-hydrogen) atoms. The predicted octanol–water partition coefficient (Wildman–Crippen LogP) is 2.89. The van der Waals surface area contributed by atoms with E-state index in [1.165, 1.54) is 32.1 Å². The second-order valence-corrected chi connectivity index (χ2v) is 7.15. The van der Waals surface area contributed by atoms with E-state index in [1.54, 1.807) is 0 Å². The summed E-state index contributed by atoms with van der Waals surface area (Å²) in [5, 5.41) is 13.0. The second-order valence-electron chi connectivity index (χ2n) is 7.15. The zero-order chi connectivity index (χ0) is 15.0. The summed E-state index contributed by atoms with van der Waals surface area (Å²) < 4.78 is 0. The molecule has 0 atom stereocenters. The Balaban J connectivity index is 2.65. The highest BCUT2D eigenvalue weighted by Gasteiger charge is 2.35. The van der Waals surface area contributed by atoms with E-state index in [4.69, 9.17) is 0 Å². The third-order valence-electron chi connectivity index (χ3n) is 4.92.